The van der Waals surface area contributed by atoms with Crippen molar-refractivity contribution in [3.05, 3.63) is 0 Å². The molecule has 3 atom stereocenters. The van der Waals surface area contributed by atoms with Gasteiger partial charge in [-0.05, 0) is 17.8 Å². The van der Waals surface area contributed by atoms with Crippen molar-refractivity contribution in [1.82, 2.24) is 16.1 Å². The zero-order chi connectivity index (χ0) is 18.4. The van der Waals surface area contributed by atoms with E-state index in [4.69, 9.17) is 5.21 Å². The molecule has 0 aliphatic carbocycles. The van der Waals surface area contributed by atoms with E-state index >= 15 is 0 Å². The van der Waals surface area contributed by atoms with Gasteiger partial charge in [0.05, 0.1) is 5.92 Å². The molecule has 0 saturated carbocycles. The Bertz CT molecular complexity index is 431. The number of nitrogens with one attached hydrogen (secondary N) is 3. The number of carbonyl (C=O) groups excluding carboxylic acids is 3. The van der Waals surface area contributed by atoms with Crippen LogP contribution >= 0.6 is 0 Å². The Kier molecular flexibility index (Phi) is 8.19. The van der Waals surface area contributed by atoms with Gasteiger partial charge in [-0.1, -0.05) is 34.6 Å². The highest BCUT2D eigenvalue weighted by Crippen LogP contribution is 2.22. The number of carbonyl (C=O) groups is 3. The Morgan fingerprint density at radius 3 is 1.91 bits per heavy atom. The maximum absolute atomic E-state index is 12.5. The van der Waals surface area contributed by atoms with Gasteiger partial charge in [-0.3, -0.25) is 19.6 Å². The largest absolute Gasteiger partial charge is 0.382 e. The lowest BCUT2D eigenvalue weighted by atomic mass is 9.84. The molecule has 2 unspecified atom stereocenters. The number of aliphatic hydroxyl groups is 1. The van der Waals surface area contributed by atoms with Crippen LogP contribution in [0.1, 0.15) is 41.0 Å². The molecular formula is C15H29N3O5. The summed E-state index contributed by atoms with van der Waals surface area (Å²) in [7, 11) is 1.47. The lowest BCUT2D eigenvalue weighted by Crippen LogP contribution is -2.56. The van der Waals surface area contributed by atoms with Crippen LogP contribution in [0.5, 0.6) is 0 Å². The molecule has 0 aliphatic heterocycles. The van der Waals surface area contributed by atoms with Crippen LogP contribution in [0.2, 0.25) is 0 Å². The second-order valence-corrected chi connectivity index (χ2v) is 7.08. The summed E-state index contributed by atoms with van der Waals surface area (Å²) in [6, 6.07) is -0.820. The van der Waals surface area contributed by atoms with Crippen molar-refractivity contribution in [2.24, 2.45) is 17.3 Å². The van der Waals surface area contributed by atoms with Crippen LogP contribution in [0.3, 0.4) is 0 Å². The van der Waals surface area contributed by atoms with Gasteiger partial charge in [-0.25, -0.2) is 5.48 Å². The van der Waals surface area contributed by atoms with E-state index in [2.05, 4.69) is 10.6 Å². The van der Waals surface area contributed by atoms with Crippen molar-refractivity contribution < 1.29 is 24.7 Å². The Balaban J connectivity index is 5.35. The molecule has 0 aliphatic rings. The van der Waals surface area contributed by atoms with Gasteiger partial charge in [0.25, 0.3) is 5.91 Å². The number of aliphatic hydroxyl groups excluding tert-OH is 1. The lowest BCUT2D eigenvalue weighted by Gasteiger charge is -2.32. The lowest BCUT2D eigenvalue weighted by molar-refractivity contribution is -0.147. The molecule has 0 aromatic heterocycles. The third-order valence-corrected chi connectivity index (χ3v) is 3.48. The molecule has 0 aromatic carbocycles. The topological polar surface area (TPSA) is 128 Å². The van der Waals surface area contributed by atoms with E-state index in [9.17, 15) is 19.5 Å². The van der Waals surface area contributed by atoms with Crippen molar-refractivity contribution in [2.75, 3.05) is 7.05 Å². The smallest absolute Gasteiger partial charge is 0.272 e. The van der Waals surface area contributed by atoms with Gasteiger partial charge in [-0.15, -0.1) is 0 Å². The molecule has 3 amide bonds. The third-order valence-electron chi connectivity index (χ3n) is 3.48. The van der Waals surface area contributed by atoms with Gasteiger partial charge in [0, 0.05) is 7.05 Å². The number of hydroxylamine groups is 1. The fourth-order valence-corrected chi connectivity index (χ4v) is 2.21. The average Bonchev–Trinajstić information content (AvgIpc) is 2.46. The maximum atomic E-state index is 12.5. The second kappa shape index (κ2) is 8.83. The van der Waals surface area contributed by atoms with E-state index in [-0.39, 0.29) is 18.2 Å². The van der Waals surface area contributed by atoms with Gasteiger partial charge < -0.3 is 15.7 Å². The zero-order valence-electron chi connectivity index (χ0n) is 14.6. The first-order valence-electron chi connectivity index (χ1n) is 7.59. The Hall–Kier alpha value is -1.67. The van der Waals surface area contributed by atoms with Gasteiger partial charge in [-0.2, -0.15) is 0 Å². The summed E-state index contributed by atoms with van der Waals surface area (Å²) in [5.74, 6) is -3.08. The van der Waals surface area contributed by atoms with E-state index in [1.165, 1.54) is 12.5 Å². The van der Waals surface area contributed by atoms with Gasteiger partial charge in [0.15, 0.2) is 0 Å². The first kappa shape index (κ1) is 21.3. The standard InChI is InChI=1S/C15H29N3O5/c1-8(2)7-9(10(19)13(21)18-23)12(20)17-11(14(22)16-6)15(3,4)5/h8-11,19,23H,7H2,1-6H3,(H,16,22)(H,17,20)(H,18,21)/t9-,10?,11?/m0/s1. The molecular weight excluding hydrogens is 302 g/mol. The maximum Gasteiger partial charge on any atom is 0.272 e. The van der Waals surface area contributed by atoms with Crippen LogP contribution < -0.4 is 16.1 Å². The summed E-state index contributed by atoms with van der Waals surface area (Å²) in [4.78, 5) is 35.9. The molecule has 23 heavy (non-hydrogen) atoms. The van der Waals surface area contributed by atoms with Crippen LogP contribution in [-0.4, -0.2) is 47.2 Å². The predicted molar refractivity (Wildman–Crippen MR) is 84.3 cm³/mol. The molecule has 0 rings (SSSR count). The second-order valence-electron chi connectivity index (χ2n) is 7.08. The van der Waals surface area contributed by atoms with Crippen molar-refractivity contribution in [1.29, 1.82) is 0 Å². The number of hydrogen-bond donors (Lipinski definition) is 5. The van der Waals surface area contributed by atoms with Crippen LogP contribution in [0, 0.1) is 17.3 Å². The fraction of sp³-hybridized carbons (Fsp3) is 0.800. The van der Waals surface area contributed by atoms with Crippen molar-refractivity contribution in [2.45, 2.75) is 53.2 Å². The van der Waals surface area contributed by atoms with Gasteiger partial charge >= 0.3 is 0 Å². The molecule has 0 fully saturated rings. The molecule has 0 saturated heterocycles. The van der Waals surface area contributed by atoms with Crippen molar-refractivity contribution in [3.8, 4) is 0 Å². The molecule has 0 radical (unpaired) electrons. The fourth-order valence-electron chi connectivity index (χ4n) is 2.21. The van der Waals surface area contributed by atoms with E-state index in [1.807, 2.05) is 13.8 Å². The molecule has 0 bridgehead atoms. The molecule has 134 valence electrons. The van der Waals surface area contributed by atoms with Gasteiger partial charge in [0.1, 0.15) is 12.1 Å². The van der Waals surface area contributed by atoms with Crippen molar-refractivity contribution in [3.63, 3.8) is 0 Å². The zero-order valence-corrected chi connectivity index (χ0v) is 14.6. The SMILES string of the molecule is CNC(=O)C(NC(=O)[C@@H](CC(C)C)C(O)C(=O)NO)C(C)(C)C. The molecule has 8 heteroatoms. The molecule has 5 N–H and O–H groups in total. The van der Waals surface area contributed by atoms with E-state index in [0.29, 0.717) is 0 Å². The molecule has 0 spiro atoms. The molecule has 0 aromatic rings. The average molecular weight is 331 g/mol. The number of hydrogen-bond acceptors (Lipinski definition) is 5. The summed E-state index contributed by atoms with van der Waals surface area (Å²) in [5, 5.41) is 23.7. The number of rotatable bonds is 7. The highest BCUT2D eigenvalue weighted by Gasteiger charge is 2.38. The van der Waals surface area contributed by atoms with E-state index in [1.54, 1.807) is 20.8 Å². The third kappa shape index (κ3) is 6.54. The van der Waals surface area contributed by atoms with Gasteiger partial charge in [0.2, 0.25) is 11.8 Å². The summed E-state index contributed by atoms with van der Waals surface area (Å²) in [6.07, 6.45) is -1.47. The molecule has 0 heterocycles. The quantitative estimate of drug-likeness (QED) is 0.326. The highest BCUT2D eigenvalue weighted by atomic mass is 16.5. The summed E-state index contributed by atoms with van der Waals surface area (Å²) >= 11 is 0. The minimum Gasteiger partial charge on any atom is -0.382 e. The van der Waals surface area contributed by atoms with E-state index < -0.39 is 35.3 Å². The Morgan fingerprint density at radius 2 is 1.57 bits per heavy atom. The minimum atomic E-state index is -1.70. The minimum absolute atomic E-state index is 0.0278. The highest BCUT2D eigenvalue weighted by molar-refractivity contribution is 5.92. The number of amides is 3. The predicted octanol–water partition coefficient (Wildman–Crippen LogP) is -0.208. The summed E-state index contributed by atoms with van der Waals surface area (Å²) < 4.78 is 0. The van der Waals surface area contributed by atoms with E-state index in [0.717, 1.165) is 0 Å². The Morgan fingerprint density at radius 1 is 1.04 bits per heavy atom. The normalized spacial score (nSPS) is 15.5. The first-order chi connectivity index (χ1) is 10.4. The van der Waals surface area contributed by atoms with Crippen LogP contribution in [0.25, 0.3) is 0 Å². The first-order valence-corrected chi connectivity index (χ1v) is 7.59. The van der Waals surface area contributed by atoms with Crippen LogP contribution in [0.4, 0.5) is 0 Å². The Labute approximate surface area is 137 Å². The molecule has 8 nitrogen and oxygen atoms in total. The summed E-state index contributed by atoms with van der Waals surface area (Å²) in [5.41, 5.74) is 0.789. The summed E-state index contributed by atoms with van der Waals surface area (Å²) in [6.45, 7) is 9.05. The van der Waals surface area contributed by atoms with Crippen LogP contribution in [0.15, 0.2) is 0 Å². The van der Waals surface area contributed by atoms with Crippen LogP contribution in [-0.2, 0) is 14.4 Å². The number of likely N-dealkylation sites (N-methyl/N-ethyl adjacent to an activating group) is 1. The van der Waals surface area contributed by atoms with Crippen molar-refractivity contribution >= 4 is 17.7 Å². The monoisotopic (exact) mass is 331 g/mol.